The molecule has 2 aromatic heterocycles. The van der Waals surface area contributed by atoms with Gasteiger partial charge in [0, 0.05) is 0 Å². The standard InChI is InChI=1S/C22H18N4O3/c1-2-28-22(27)19(20-23-14-8-3-4-9-15(14)24-20)26-17-11-6-5-10-16(17)25-21(26)18-12-7-13-29-18/h3-13,23-24H,2H2,1H3. The van der Waals surface area contributed by atoms with Gasteiger partial charge in [-0.1, -0.05) is 24.3 Å². The summed E-state index contributed by atoms with van der Waals surface area (Å²) in [6.07, 6.45) is 1.58. The van der Waals surface area contributed by atoms with Gasteiger partial charge in [0.05, 0.1) is 35.3 Å². The van der Waals surface area contributed by atoms with Crippen molar-refractivity contribution in [3.05, 3.63) is 72.7 Å². The van der Waals surface area contributed by atoms with Gasteiger partial charge in [0.1, 0.15) is 5.82 Å². The van der Waals surface area contributed by atoms with Crippen molar-refractivity contribution in [1.82, 2.24) is 9.55 Å². The van der Waals surface area contributed by atoms with E-state index in [4.69, 9.17) is 14.1 Å². The molecular weight excluding hydrogens is 368 g/mol. The molecule has 0 unspecified atom stereocenters. The summed E-state index contributed by atoms with van der Waals surface area (Å²) in [7, 11) is 0. The summed E-state index contributed by atoms with van der Waals surface area (Å²) in [4.78, 5) is 17.8. The second kappa shape index (κ2) is 6.87. The van der Waals surface area contributed by atoms with Gasteiger partial charge < -0.3 is 19.8 Å². The number of imidazole rings is 1. The van der Waals surface area contributed by atoms with Crippen LogP contribution in [0.15, 0.2) is 77.2 Å². The molecule has 3 heterocycles. The largest absolute Gasteiger partial charge is 0.461 e. The smallest absolute Gasteiger partial charge is 0.359 e. The number of anilines is 2. The van der Waals surface area contributed by atoms with Crippen LogP contribution in [0.25, 0.3) is 28.3 Å². The van der Waals surface area contributed by atoms with Gasteiger partial charge in [-0.15, -0.1) is 0 Å². The maximum Gasteiger partial charge on any atom is 0.359 e. The Hall–Kier alpha value is -4.00. The number of nitrogens with one attached hydrogen (secondary N) is 2. The molecule has 0 radical (unpaired) electrons. The van der Waals surface area contributed by atoms with Crippen LogP contribution in [-0.2, 0) is 9.53 Å². The normalized spacial score (nSPS) is 12.4. The minimum Gasteiger partial charge on any atom is -0.461 e. The number of furan rings is 1. The number of aromatic nitrogens is 2. The molecule has 0 saturated heterocycles. The maximum atomic E-state index is 13.1. The summed E-state index contributed by atoms with van der Waals surface area (Å²) in [5, 5.41) is 6.58. The summed E-state index contributed by atoms with van der Waals surface area (Å²) < 4.78 is 12.8. The molecule has 2 N–H and O–H groups in total. The molecule has 0 spiro atoms. The lowest BCUT2D eigenvalue weighted by atomic mass is 10.3. The first kappa shape index (κ1) is 17.1. The molecule has 7 nitrogen and oxygen atoms in total. The number of rotatable bonds is 4. The van der Waals surface area contributed by atoms with E-state index < -0.39 is 5.97 Å². The Morgan fingerprint density at radius 2 is 1.76 bits per heavy atom. The Kier molecular flexibility index (Phi) is 4.05. The molecule has 0 amide bonds. The van der Waals surface area contributed by atoms with Gasteiger partial charge in [0.25, 0.3) is 0 Å². The molecule has 5 rings (SSSR count). The van der Waals surface area contributed by atoms with E-state index in [1.807, 2.05) is 54.6 Å². The highest BCUT2D eigenvalue weighted by molar-refractivity contribution is 6.15. The van der Waals surface area contributed by atoms with Crippen LogP contribution in [0.5, 0.6) is 0 Å². The van der Waals surface area contributed by atoms with Crippen LogP contribution in [-0.4, -0.2) is 22.1 Å². The zero-order chi connectivity index (χ0) is 19.8. The van der Waals surface area contributed by atoms with Crippen LogP contribution in [0.2, 0.25) is 0 Å². The summed E-state index contributed by atoms with van der Waals surface area (Å²) in [6, 6.07) is 19.0. The Morgan fingerprint density at radius 1 is 1.03 bits per heavy atom. The molecule has 144 valence electrons. The lowest BCUT2D eigenvalue weighted by Crippen LogP contribution is -2.19. The fourth-order valence-corrected chi connectivity index (χ4v) is 3.45. The number of carbonyl (C=O) groups excluding carboxylic acids is 1. The molecule has 0 fully saturated rings. The highest BCUT2D eigenvalue weighted by Crippen LogP contribution is 2.35. The Morgan fingerprint density at radius 3 is 2.45 bits per heavy atom. The number of ether oxygens (including phenoxy) is 1. The Balaban J connectivity index is 1.78. The van der Waals surface area contributed by atoms with Crippen molar-refractivity contribution in [1.29, 1.82) is 0 Å². The fraction of sp³-hybridized carbons (Fsp3) is 0.0909. The molecular formula is C22H18N4O3. The third-order valence-corrected chi connectivity index (χ3v) is 4.68. The van der Waals surface area contributed by atoms with Gasteiger partial charge in [-0.25, -0.2) is 9.78 Å². The van der Waals surface area contributed by atoms with Crippen molar-refractivity contribution in [3.8, 4) is 11.6 Å². The maximum absolute atomic E-state index is 13.1. The molecule has 0 saturated carbocycles. The van der Waals surface area contributed by atoms with Crippen LogP contribution in [0.3, 0.4) is 0 Å². The average molecular weight is 386 g/mol. The molecule has 1 aliphatic heterocycles. The van der Waals surface area contributed by atoms with Crippen LogP contribution in [0.1, 0.15) is 6.92 Å². The number of nitrogens with zero attached hydrogens (tertiary/aromatic N) is 2. The van der Waals surface area contributed by atoms with Gasteiger partial charge >= 0.3 is 5.97 Å². The molecule has 0 atom stereocenters. The summed E-state index contributed by atoms with van der Waals surface area (Å²) in [6.45, 7) is 2.04. The van der Waals surface area contributed by atoms with E-state index in [2.05, 4.69) is 10.6 Å². The molecule has 4 aromatic rings. The minimum absolute atomic E-state index is 0.255. The number of hydrogen-bond acceptors (Lipinski definition) is 6. The lowest BCUT2D eigenvalue weighted by molar-refractivity contribution is -0.136. The second-order valence-electron chi connectivity index (χ2n) is 6.48. The Labute approximate surface area is 166 Å². The van der Waals surface area contributed by atoms with Crippen molar-refractivity contribution in [2.75, 3.05) is 17.2 Å². The van der Waals surface area contributed by atoms with Crippen LogP contribution >= 0.6 is 0 Å². The predicted octanol–water partition coefficient (Wildman–Crippen LogP) is 4.52. The summed E-state index contributed by atoms with van der Waals surface area (Å²) in [5.41, 5.74) is 3.59. The van der Waals surface area contributed by atoms with E-state index in [0.717, 1.165) is 22.4 Å². The molecule has 0 bridgehead atoms. The third-order valence-electron chi connectivity index (χ3n) is 4.68. The van der Waals surface area contributed by atoms with E-state index >= 15 is 0 Å². The quantitative estimate of drug-likeness (QED) is 0.396. The zero-order valence-electron chi connectivity index (χ0n) is 15.7. The number of benzene rings is 2. The van der Waals surface area contributed by atoms with Crippen LogP contribution in [0.4, 0.5) is 11.4 Å². The summed E-state index contributed by atoms with van der Waals surface area (Å²) in [5.74, 6) is 1.14. The van der Waals surface area contributed by atoms with Gasteiger partial charge in [-0.3, -0.25) is 4.57 Å². The molecule has 0 aliphatic carbocycles. The summed E-state index contributed by atoms with van der Waals surface area (Å²) >= 11 is 0. The van der Waals surface area contributed by atoms with Crippen molar-refractivity contribution < 1.29 is 13.9 Å². The number of carbonyl (C=O) groups is 1. The van der Waals surface area contributed by atoms with Gasteiger partial charge in [0.15, 0.2) is 17.3 Å². The molecule has 2 aromatic carbocycles. The van der Waals surface area contributed by atoms with Crippen LogP contribution in [0, 0.1) is 0 Å². The first-order valence-corrected chi connectivity index (χ1v) is 9.32. The SMILES string of the molecule is CCOC(=O)C(=C1Nc2ccccc2N1)n1c(-c2ccco2)nc2ccccc21. The minimum atomic E-state index is -0.466. The van der Waals surface area contributed by atoms with Crippen LogP contribution < -0.4 is 10.6 Å². The topological polar surface area (TPSA) is 81.3 Å². The van der Waals surface area contributed by atoms with Gasteiger partial charge in [0.2, 0.25) is 0 Å². The first-order chi connectivity index (χ1) is 14.3. The number of esters is 1. The average Bonchev–Trinajstić information content (AvgIpc) is 3.47. The molecule has 7 heteroatoms. The van der Waals surface area contributed by atoms with Crippen molar-refractivity contribution in [3.63, 3.8) is 0 Å². The Bertz CT molecular complexity index is 1210. The number of fused-ring (bicyclic) bond motifs is 2. The van der Waals surface area contributed by atoms with E-state index in [9.17, 15) is 4.79 Å². The third kappa shape index (κ3) is 2.84. The van der Waals surface area contributed by atoms with E-state index in [-0.39, 0.29) is 6.61 Å². The number of hydrogen-bond donors (Lipinski definition) is 2. The monoisotopic (exact) mass is 386 g/mol. The highest BCUT2D eigenvalue weighted by atomic mass is 16.5. The second-order valence-corrected chi connectivity index (χ2v) is 6.48. The fourth-order valence-electron chi connectivity index (χ4n) is 3.45. The van der Waals surface area contributed by atoms with E-state index in [0.29, 0.717) is 23.1 Å². The van der Waals surface area contributed by atoms with E-state index in [1.165, 1.54) is 0 Å². The van der Waals surface area contributed by atoms with Gasteiger partial charge in [-0.05, 0) is 43.3 Å². The van der Waals surface area contributed by atoms with Crippen molar-refractivity contribution in [2.45, 2.75) is 6.92 Å². The number of para-hydroxylation sites is 4. The zero-order valence-corrected chi connectivity index (χ0v) is 15.7. The van der Waals surface area contributed by atoms with E-state index in [1.54, 1.807) is 23.8 Å². The highest BCUT2D eigenvalue weighted by Gasteiger charge is 2.29. The predicted molar refractivity (Wildman–Crippen MR) is 111 cm³/mol. The molecule has 29 heavy (non-hydrogen) atoms. The lowest BCUT2D eigenvalue weighted by Gasteiger charge is -2.15. The van der Waals surface area contributed by atoms with Gasteiger partial charge in [-0.2, -0.15) is 0 Å². The van der Waals surface area contributed by atoms with Crippen molar-refractivity contribution >= 4 is 34.1 Å². The van der Waals surface area contributed by atoms with Crippen molar-refractivity contribution in [2.24, 2.45) is 0 Å². The first-order valence-electron chi connectivity index (χ1n) is 9.32. The molecule has 1 aliphatic rings.